The largest absolute Gasteiger partial charge is 0.322 e. The Hall–Kier alpha value is -4.12. The van der Waals surface area contributed by atoms with Gasteiger partial charge in [-0.3, -0.25) is 24.4 Å². The van der Waals surface area contributed by atoms with Crippen molar-refractivity contribution in [3.63, 3.8) is 0 Å². The summed E-state index contributed by atoms with van der Waals surface area (Å²) in [4.78, 5) is 33.5. The molecule has 164 valence electrons. The van der Waals surface area contributed by atoms with Crippen molar-refractivity contribution in [3.8, 4) is 0 Å². The van der Waals surface area contributed by atoms with E-state index in [0.29, 0.717) is 5.56 Å². The topological polar surface area (TPSA) is 135 Å². The molecule has 0 spiro atoms. The zero-order chi connectivity index (χ0) is 23.5. The van der Waals surface area contributed by atoms with Gasteiger partial charge in [-0.25, -0.2) is 8.42 Å². The lowest BCUT2D eigenvalue weighted by molar-refractivity contribution is -0.387. The fourth-order valence-corrected chi connectivity index (χ4v) is 3.76. The first kappa shape index (κ1) is 22.6. The van der Waals surface area contributed by atoms with Crippen molar-refractivity contribution < 1.29 is 27.3 Å². The molecule has 0 bridgehead atoms. The monoisotopic (exact) mass is 457 g/mol. The van der Waals surface area contributed by atoms with E-state index < -0.39 is 32.4 Å². The molecule has 0 saturated heterocycles. The number of nitrogens with zero attached hydrogens (tertiary/aromatic N) is 1. The maximum Gasteiger partial charge on any atom is 0.306 e. The summed E-state index contributed by atoms with van der Waals surface area (Å²) in [6.45, 7) is 1.37. The van der Waals surface area contributed by atoms with E-state index in [4.69, 9.17) is 0 Å². The van der Waals surface area contributed by atoms with Crippen LogP contribution in [0.15, 0.2) is 71.6 Å². The Morgan fingerprint density at radius 1 is 0.906 bits per heavy atom. The first-order valence-electron chi connectivity index (χ1n) is 9.06. The predicted molar refractivity (Wildman–Crippen MR) is 115 cm³/mol. The van der Waals surface area contributed by atoms with Gasteiger partial charge in [0.1, 0.15) is 0 Å². The second-order valence-corrected chi connectivity index (χ2v) is 8.32. The van der Waals surface area contributed by atoms with Crippen LogP contribution < -0.4 is 10.0 Å². The molecule has 11 heteroatoms. The highest BCUT2D eigenvalue weighted by atomic mass is 32.2. The fourth-order valence-electron chi connectivity index (χ4n) is 2.71. The third-order valence-corrected chi connectivity index (χ3v) is 5.77. The molecular weight excluding hydrogens is 441 g/mol. The third-order valence-electron chi connectivity index (χ3n) is 4.37. The average molecular weight is 457 g/mol. The quantitative estimate of drug-likeness (QED) is 0.313. The number of amides is 1. The Kier molecular flexibility index (Phi) is 6.30. The van der Waals surface area contributed by atoms with Gasteiger partial charge in [-0.2, -0.15) is 4.39 Å². The van der Waals surface area contributed by atoms with Crippen molar-refractivity contribution in [3.05, 3.63) is 93.8 Å². The molecule has 2 N–H and O–H groups in total. The van der Waals surface area contributed by atoms with Crippen molar-refractivity contribution in [2.24, 2.45) is 0 Å². The lowest BCUT2D eigenvalue weighted by atomic mass is 10.2. The summed E-state index contributed by atoms with van der Waals surface area (Å²) in [5, 5.41) is 13.2. The Balaban J connectivity index is 1.72. The van der Waals surface area contributed by atoms with Crippen molar-refractivity contribution >= 4 is 38.8 Å². The summed E-state index contributed by atoms with van der Waals surface area (Å²) in [5.74, 6) is -1.84. The lowest BCUT2D eigenvalue weighted by Crippen LogP contribution is -2.14. The summed E-state index contributed by atoms with van der Waals surface area (Å²) >= 11 is 0. The van der Waals surface area contributed by atoms with Crippen molar-refractivity contribution in [2.45, 2.75) is 11.8 Å². The first-order valence-corrected chi connectivity index (χ1v) is 10.5. The first-order chi connectivity index (χ1) is 15.1. The molecule has 0 aliphatic heterocycles. The van der Waals surface area contributed by atoms with Crippen molar-refractivity contribution in [2.75, 3.05) is 10.0 Å². The van der Waals surface area contributed by atoms with E-state index in [2.05, 4.69) is 10.0 Å². The Bertz CT molecular complexity index is 1310. The van der Waals surface area contributed by atoms with Gasteiger partial charge >= 0.3 is 5.69 Å². The molecule has 0 saturated carbocycles. The molecule has 1 amide bonds. The van der Waals surface area contributed by atoms with E-state index in [9.17, 15) is 32.5 Å². The molecule has 3 aromatic rings. The van der Waals surface area contributed by atoms with Gasteiger partial charge in [-0.1, -0.05) is 12.1 Å². The van der Waals surface area contributed by atoms with Crippen LogP contribution in [0.25, 0.3) is 0 Å². The third kappa shape index (κ3) is 5.13. The number of rotatable bonds is 7. The van der Waals surface area contributed by atoms with E-state index >= 15 is 0 Å². The lowest BCUT2D eigenvalue weighted by Gasteiger charge is -2.10. The van der Waals surface area contributed by atoms with Gasteiger partial charge in [-0.05, 0) is 55.5 Å². The van der Waals surface area contributed by atoms with Crippen LogP contribution in [0, 0.1) is 15.9 Å². The molecule has 0 aliphatic carbocycles. The molecule has 0 aromatic heterocycles. The molecule has 9 nitrogen and oxygen atoms in total. The van der Waals surface area contributed by atoms with Gasteiger partial charge < -0.3 is 5.32 Å². The van der Waals surface area contributed by atoms with Crippen molar-refractivity contribution in [1.29, 1.82) is 0 Å². The summed E-state index contributed by atoms with van der Waals surface area (Å²) in [6.07, 6.45) is 0. The van der Waals surface area contributed by atoms with Gasteiger partial charge in [0.05, 0.1) is 9.82 Å². The number of carbonyl (C=O) groups is 2. The Morgan fingerprint density at radius 3 is 2.03 bits per heavy atom. The molecule has 0 unspecified atom stereocenters. The SMILES string of the molecule is CC(=O)c1ccc(S(=O)(=O)Nc2ccc(C(=O)Nc3ccc(F)c([N+](=O)[O-])c3)cc2)cc1. The highest BCUT2D eigenvalue weighted by molar-refractivity contribution is 7.92. The van der Waals surface area contributed by atoms with Crippen molar-refractivity contribution in [1.82, 2.24) is 0 Å². The number of hydrogen-bond acceptors (Lipinski definition) is 6. The van der Waals surface area contributed by atoms with E-state index in [1.165, 1.54) is 61.5 Å². The van der Waals surface area contributed by atoms with E-state index in [0.717, 1.165) is 12.1 Å². The number of sulfonamides is 1. The molecule has 0 fully saturated rings. The van der Waals surface area contributed by atoms with Crippen LogP contribution in [-0.2, 0) is 10.0 Å². The van der Waals surface area contributed by atoms with Gasteiger partial charge in [-0.15, -0.1) is 0 Å². The van der Waals surface area contributed by atoms with Crippen LogP contribution in [0.1, 0.15) is 27.6 Å². The summed E-state index contributed by atoms with van der Waals surface area (Å²) in [6, 6.07) is 13.8. The van der Waals surface area contributed by atoms with Crippen LogP contribution in [-0.4, -0.2) is 25.0 Å². The molecule has 3 rings (SSSR count). The van der Waals surface area contributed by atoms with Crippen LogP contribution >= 0.6 is 0 Å². The smallest absolute Gasteiger partial charge is 0.306 e. The molecule has 0 aliphatic rings. The number of hydrogen-bond donors (Lipinski definition) is 2. The standard InChI is InChI=1S/C21H16FN3O6S/c1-13(26)14-4-9-18(10-5-14)32(30,31)24-16-6-2-15(3-7-16)21(27)23-17-8-11-19(22)20(12-17)25(28)29/h2-12,24H,1H3,(H,23,27). The van der Waals surface area contributed by atoms with Gasteiger partial charge in [0.2, 0.25) is 5.82 Å². The number of nitro benzene ring substituents is 1. The van der Waals surface area contributed by atoms with Gasteiger partial charge in [0, 0.05) is 28.6 Å². The summed E-state index contributed by atoms with van der Waals surface area (Å²) in [5.41, 5.74) is -0.0306. The molecule has 0 heterocycles. The second-order valence-electron chi connectivity index (χ2n) is 6.64. The molecule has 32 heavy (non-hydrogen) atoms. The number of anilines is 2. The van der Waals surface area contributed by atoms with E-state index in [-0.39, 0.29) is 27.6 Å². The average Bonchev–Trinajstić information content (AvgIpc) is 2.75. The number of nitrogens with one attached hydrogen (secondary N) is 2. The van der Waals surface area contributed by atoms with Crippen LogP contribution in [0.5, 0.6) is 0 Å². The second kappa shape index (κ2) is 8.94. The molecular formula is C21H16FN3O6S. The predicted octanol–water partition coefficient (Wildman–Crippen LogP) is 3.99. The highest BCUT2D eigenvalue weighted by Crippen LogP contribution is 2.23. The zero-order valence-electron chi connectivity index (χ0n) is 16.5. The normalized spacial score (nSPS) is 10.9. The number of Topliss-reactive ketones (excluding diaryl/α,β-unsaturated/α-hetero) is 1. The summed E-state index contributed by atoms with van der Waals surface area (Å²) < 4.78 is 40.8. The highest BCUT2D eigenvalue weighted by Gasteiger charge is 2.17. The van der Waals surface area contributed by atoms with Gasteiger partial charge in [0.15, 0.2) is 5.78 Å². The number of benzene rings is 3. The minimum atomic E-state index is -3.92. The Labute approximate surface area is 182 Å². The fraction of sp³-hybridized carbons (Fsp3) is 0.0476. The van der Waals surface area contributed by atoms with Crippen LogP contribution in [0.3, 0.4) is 0 Å². The number of carbonyl (C=O) groups excluding carboxylic acids is 2. The number of nitro groups is 1. The minimum absolute atomic E-state index is 0.0295. The summed E-state index contributed by atoms with van der Waals surface area (Å²) in [7, 11) is -3.92. The van der Waals surface area contributed by atoms with E-state index in [1.54, 1.807) is 0 Å². The number of halogens is 1. The van der Waals surface area contributed by atoms with Crippen LogP contribution in [0.4, 0.5) is 21.5 Å². The molecule has 0 radical (unpaired) electrons. The Morgan fingerprint density at radius 2 is 1.47 bits per heavy atom. The molecule has 3 aromatic carbocycles. The van der Waals surface area contributed by atoms with Gasteiger partial charge in [0.25, 0.3) is 15.9 Å². The zero-order valence-corrected chi connectivity index (χ0v) is 17.4. The van der Waals surface area contributed by atoms with E-state index in [1.807, 2.05) is 0 Å². The minimum Gasteiger partial charge on any atom is -0.322 e. The maximum absolute atomic E-state index is 13.4. The molecule has 0 atom stereocenters. The van der Waals surface area contributed by atoms with Crippen LogP contribution in [0.2, 0.25) is 0 Å². The number of ketones is 1. The maximum atomic E-state index is 13.4.